The first-order chi connectivity index (χ1) is 15.0. The van der Waals surface area contributed by atoms with Gasteiger partial charge in [0, 0.05) is 31.0 Å². The first-order valence-electron chi connectivity index (χ1n) is 11.1. The third-order valence-corrected chi connectivity index (χ3v) is 5.84. The molecule has 1 fully saturated rings. The third-order valence-electron chi connectivity index (χ3n) is 5.84. The standard InChI is InChI=1S/C25H33N3O3/c1-18-12-19(2)28(26-18)15-22-13-21(8-10-25(22)29-4)14-27(16-23-6-5-11-30-23)17-24-9-7-20(3)31-24/h7-10,12-13,23H,5-6,11,14-17H2,1-4H3/t23-/m1/s1. The van der Waals surface area contributed by atoms with E-state index in [2.05, 4.69) is 47.3 Å². The Morgan fingerprint density at radius 2 is 2.00 bits per heavy atom. The summed E-state index contributed by atoms with van der Waals surface area (Å²) in [5, 5.41) is 4.62. The largest absolute Gasteiger partial charge is 0.496 e. The van der Waals surface area contributed by atoms with Gasteiger partial charge in [-0.15, -0.1) is 0 Å². The molecule has 1 saturated heterocycles. The number of hydrogen-bond donors (Lipinski definition) is 0. The number of aromatic nitrogens is 2. The van der Waals surface area contributed by atoms with Crippen LogP contribution in [0, 0.1) is 20.8 Å². The van der Waals surface area contributed by atoms with Crippen molar-refractivity contribution in [2.75, 3.05) is 20.3 Å². The molecule has 31 heavy (non-hydrogen) atoms. The highest BCUT2D eigenvalue weighted by Crippen LogP contribution is 2.24. The molecule has 6 heteroatoms. The van der Waals surface area contributed by atoms with Crippen LogP contribution in [0.3, 0.4) is 0 Å². The van der Waals surface area contributed by atoms with Crippen LogP contribution in [0.1, 0.15) is 46.9 Å². The Labute approximate surface area is 184 Å². The van der Waals surface area contributed by atoms with Crippen molar-refractivity contribution in [2.45, 2.75) is 59.4 Å². The smallest absolute Gasteiger partial charge is 0.123 e. The van der Waals surface area contributed by atoms with Crippen LogP contribution in [0.15, 0.2) is 40.8 Å². The van der Waals surface area contributed by atoms with Crippen LogP contribution in [0.4, 0.5) is 0 Å². The molecule has 166 valence electrons. The van der Waals surface area contributed by atoms with Gasteiger partial charge in [0.1, 0.15) is 17.3 Å². The molecule has 0 amide bonds. The van der Waals surface area contributed by atoms with E-state index in [4.69, 9.17) is 13.9 Å². The average molecular weight is 424 g/mol. The minimum atomic E-state index is 0.295. The minimum Gasteiger partial charge on any atom is -0.496 e. The number of hydrogen-bond acceptors (Lipinski definition) is 5. The Hall–Kier alpha value is -2.57. The summed E-state index contributed by atoms with van der Waals surface area (Å²) in [5.41, 5.74) is 4.57. The fourth-order valence-electron chi connectivity index (χ4n) is 4.36. The zero-order valence-corrected chi connectivity index (χ0v) is 19.1. The molecular weight excluding hydrogens is 390 g/mol. The Bertz CT molecular complexity index is 1000. The number of rotatable bonds is 9. The topological polar surface area (TPSA) is 52.7 Å². The molecule has 0 spiro atoms. The maximum atomic E-state index is 5.91. The maximum Gasteiger partial charge on any atom is 0.123 e. The van der Waals surface area contributed by atoms with E-state index >= 15 is 0 Å². The second-order valence-corrected chi connectivity index (χ2v) is 8.55. The molecule has 1 aliphatic heterocycles. The molecule has 0 aliphatic carbocycles. The van der Waals surface area contributed by atoms with Gasteiger partial charge < -0.3 is 13.9 Å². The summed E-state index contributed by atoms with van der Waals surface area (Å²) < 4.78 is 19.4. The number of ether oxygens (including phenoxy) is 2. The summed E-state index contributed by atoms with van der Waals surface area (Å²) in [5.74, 6) is 2.83. The lowest BCUT2D eigenvalue weighted by Gasteiger charge is -2.25. The molecule has 1 atom stereocenters. The van der Waals surface area contributed by atoms with Crippen LogP contribution < -0.4 is 4.74 Å². The lowest BCUT2D eigenvalue weighted by molar-refractivity contribution is 0.0654. The number of benzene rings is 1. The van der Waals surface area contributed by atoms with Crippen molar-refractivity contribution in [1.29, 1.82) is 0 Å². The van der Waals surface area contributed by atoms with Gasteiger partial charge in [0.2, 0.25) is 0 Å². The van der Waals surface area contributed by atoms with Crippen LogP contribution in [0.5, 0.6) is 5.75 Å². The zero-order valence-electron chi connectivity index (χ0n) is 19.1. The van der Waals surface area contributed by atoms with Crippen molar-refractivity contribution in [3.8, 4) is 5.75 Å². The second kappa shape index (κ2) is 9.71. The van der Waals surface area contributed by atoms with Crippen molar-refractivity contribution < 1.29 is 13.9 Å². The Balaban J connectivity index is 1.54. The molecule has 0 bridgehead atoms. The number of nitrogens with zero attached hydrogens (tertiary/aromatic N) is 3. The molecule has 1 aliphatic rings. The number of aryl methyl sites for hydroxylation is 3. The molecule has 2 aromatic heterocycles. The van der Waals surface area contributed by atoms with Gasteiger partial charge >= 0.3 is 0 Å². The third kappa shape index (κ3) is 5.57. The quantitative estimate of drug-likeness (QED) is 0.502. The average Bonchev–Trinajstić information content (AvgIpc) is 3.45. The van der Waals surface area contributed by atoms with E-state index in [-0.39, 0.29) is 0 Å². The van der Waals surface area contributed by atoms with Gasteiger partial charge in [0.15, 0.2) is 0 Å². The van der Waals surface area contributed by atoms with E-state index in [0.717, 1.165) is 73.3 Å². The summed E-state index contributed by atoms with van der Waals surface area (Å²) >= 11 is 0. The molecule has 0 saturated carbocycles. The van der Waals surface area contributed by atoms with Crippen LogP contribution in [0.2, 0.25) is 0 Å². The molecule has 4 rings (SSSR count). The van der Waals surface area contributed by atoms with Gasteiger partial charge in [-0.3, -0.25) is 9.58 Å². The molecule has 3 aromatic rings. The molecule has 3 heterocycles. The summed E-state index contributed by atoms with van der Waals surface area (Å²) in [6.07, 6.45) is 2.57. The van der Waals surface area contributed by atoms with Gasteiger partial charge in [-0.25, -0.2) is 0 Å². The molecule has 1 aromatic carbocycles. The van der Waals surface area contributed by atoms with E-state index in [9.17, 15) is 0 Å². The summed E-state index contributed by atoms with van der Waals surface area (Å²) in [4.78, 5) is 2.42. The van der Waals surface area contributed by atoms with E-state index in [1.54, 1.807) is 7.11 Å². The summed E-state index contributed by atoms with van der Waals surface area (Å²) in [6.45, 7) is 10.2. The zero-order chi connectivity index (χ0) is 21.8. The highest BCUT2D eigenvalue weighted by molar-refractivity contribution is 5.37. The molecule has 0 radical (unpaired) electrons. The molecular formula is C25H33N3O3. The van der Waals surface area contributed by atoms with Crippen molar-refractivity contribution in [3.05, 3.63) is 70.4 Å². The Morgan fingerprint density at radius 1 is 1.13 bits per heavy atom. The van der Waals surface area contributed by atoms with Gasteiger partial charge in [-0.2, -0.15) is 5.10 Å². The number of methoxy groups -OCH3 is 1. The normalized spacial score (nSPS) is 16.4. The Kier molecular flexibility index (Phi) is 6.78. The molecule has 0 unspecified atom stereocenters. The summed E-state index contributed by atoms with van der Waals surface area (Å²) in [7, 11) is 1.72. The van der Waals surface area contributed by atoms with Crippen molar-refractivity contribution >= 4 is 0 Å². The van der Waals surface area contributed by atoms with Crippen LogP contribution in [-0.4, -0.2) is 41.0 Å². The van der Waals surface area contributed by atoms with Crippen molar-refractivity contribution in [1.82, 2.24) is 14.7 Å². The summed E-state index contributed by atoms with van der Waals surface area (Å²) in [6, 6.07) is 12.7. The van der Waals surface area contributed by atoms with E-state index < -0.39 is 0 Å². The highest BCUT2D eigenvalue weighted by Gasteiger charge is 2.21. The SMILES string of the molecule is COc1ccc(CN(Cc2ccc(C)o2)C[C@H]2CCCO2)cc1Cn1nc(C)cc1C. The monoisotopic (exact) mass is 423 g/mol. The van der Waals surface area contributed by atoms with Crippen molar-refractivity contribution in [2.24, 2.45) is 0 Å². The predicted molar refractivity (Wildman–Crippen MR) is 120 cm³/mol. The van der Waals surface area contributed by atoms with Crippen molar-refractivity contribution in [3.63, 3.8) is 0 Å². The van der Waals surface area contributed by atoms with Crippen LogP contribution in [-0.2, 0) is 24.4 Å². The predicted octanol–water partition coefficient (Wildman–Crippen LogP) is 4.64. The van der Waals surface area contributed by atoms with E-state index in [0.29, 0.717) is 12.6 Å². The van der Waals surface area contributed by atoms with Gasteiger partial charge in [0.05, 0.1) is 32.0 Å². The van der Waals surface area contributed by atoms with Crippen LogP contribution in [0.25, 0.3) is 0 Å². The first kappa shape index (κ1) is 21.7. The molecule has 0 N–H and O–H groups in total. The second-order valence-electron chi connectivity index (χ2n) is 8.55. The minimum absolute atomic E-state index is 0.295. The molecule has 6 nitrogen and oxygen atoms in total. The van der Waals surface area contributed by atoms with E-state index in [1.807, 2.05) is 24.6 Å². The Morgan fingerprint density at radius 3 is 2.65 bits per heavy atom. The lowest BCUT2D eigenvalue weighted by Crippen LogP contribution is -2.31. The number of furan rings is 1. The maximum absolute atomic E-state index is 5.91. The van der Waals surface area contributed by atoms with Gasteiger partial charge in [-0.05, 0) is 69.5 Å². The fraction of sp³-hybridized carbons (Fsp3) is 0.480. The van der Waals surface area contributed by atoms with Crippen LogP contribution >= 0.6 is 0 Å². The lowest BCUT2D eigenvalue weighted by atomic mass is 10.1. The van der Waals surface area contributed by atoms with E-state index in [1.165, 1.54) is 5.56 Å². The van der Waals surface area contributed by atoms with Gasteiger partial charge in [-0.1, -0.05) is 6.07 Å². The van der Waals surface area contributed by atoms with Gasteiger partial charge in [0.25, 0.3) is 0 Å². The first-order valence-corrected chi connectivity index (χ1v) is 11.1. The fourth-order valence-corrected chi connectivity index (χ4v) is 4.36. The highest BCUT2D eigenvalue weighted by atomic mass is 16.5.